The largest absolute Gasteiger partial charge is 0.492 e. The van der Waals surface area contributed by atoms with Crippen molar-refractivity contribution in [1.82, 2.24) is 0 Å². The van der Waals surface area contributed by atoms with Crippen LogP contribution >= 0.6 is 0 Å². The molecule has 0 fully saturated rings. The van der Waals surface area contributed by atoms with E-state index in [0.717, 1.165) is 108 Å². The molecule has 0 aliphatic carbocycles. The minimum Gasteiger partial charge on any atom is -0.492 e. The first-order valence-corrected chi connectivity index (χ1v) is 27.8. The molecule has 4 unspecified atom stereocenters. The summed E-state index contributed by atoms with van der Waals surface area (Å²) < 4.78 is 26.3. The Bertz CT molecular complexity index is 2690. The lowest BCUT2D eigenvalue weighted by molar-refractivity contribution is 0.227. The highest BCUT2D eigenvalue weighted by atomic mass is 16.5. The summed E-state index contributed by atoms with van der Waals surface area (Å²) in [7, 11) is 0. The predicted molar refractivity (Wildman–Crippen MR) is 306 cm³/mol. The molecule has 0 bridgehead atoms. The fourth-order valence-electron chi connectivity index (χ4n) is 9.73. The van der Waals surface area contributed by atoms with Crippen molar-refractivity contribution in [3.63, 3.8) is 0 Å². The van der Waals surface area contributed by atoms with E-state index in [1.807, 2.05) is 24.3 Å². The van der Waals surface area contributed by atoms with E-state index in [0.29, 0.717) is 84.2 Å². The molecule has 4 heteroatoms. The highest BCUT2D eigenvalue weighted by Gasteiger charge is 2.19. The summed E-state index contributed by atoms with van der Waals surface area (Å²) in [6.45, 7) is 20.4. The summed E-state index contributed by atoms with van der Waals surface area (Å²) in [6, 6.07) is 25.4. The number of hydrogen-bond donors (Lipinski definition) is 0. The van der Waals surface area contributed by atoms with Crippen LogP contribution < -0.4 is 18.9 Å². The molecule has 72 heavy (non-hydrogen) atoms. The van der Waals surface area contributed by atoms with E-state index in [1.165, 1.54) is 49.3 Å². The fraction of sp³-hybridized carbons (Fsp3) is 0.471. The number of unbranched alkanes of at least 4 members (excludes halogenated alkanes) is 4. The molecule has 0 N–H and O–H groups in total. The van der Waals surface area contributed by atoms with Gasteiger partial charge in [-0.1, -0.05) is 204 Å². The van der Waals surface area contributed by atoms with Gasteiger partial charge in [0.15, 0.2) is 0 Å². The van der Waals surface area contributed by atoms with Gasteiger partial charge in [-0.25, -0.2) is 0 Å². The normalized spacial score (nSPS) is 12.8. The molecule has 4 atom stereocenters. The van der Waals surface area contributed by atoms with Gasteiger partial charge in [0, 0.05) is 35.4 Å². The highest BCUT2D eigenvalue weighted by molar-refractivity contribution is 6.24. The van der Waals surface area contributed by atoms with Crippen LogP contribution in [0.2, 0.25) is 0 Å². The third kappa shape index (κ3) is 14.5. The van der Waals surface area contributed by atoms with Gasteiger partial charge in [-0.05, 0) is 93.8 Å². The Morgan fingerprint density at radius 1 is 0.361 bits per heavy atom. The molecule has 0 saturated carbocycles. The van der Waals surface area contributed by atoms with Crippen LogP contribution in [0.25, 0.3) is 32.3 Å². The number of rotatable bonds is 28. The Hall–Kier alpha value is -6.20. The first kappa shape index (κ1) is 55.1. The Morgan fingerprint density at radius 3 is 0.931 bits per heavy atom. The number of ether oxygens (including phenoxy) is 4. The van der Waals surface area contributed by atoms with E-state index in [1.54, 1.807) is 0 Å². The second kappa shape index (κ2) is 28.7. The lowest BCUT2D eigenvalue weighted by Gasteiger charge is -2.19. The molecule has 4 nitrogen and oxygen atoms in total. The average Bonchev–Trinajstić information content (AvgIpc) is 3.41. The van der Waals surface area contributed by atoms with Gasteiger partial charge in [0.05, 0.1) is 48.7 Å². The van der Waals surface area contributed by atoms with Crippen molar-refractivity contribution in [2.75, 3.05) is 26.4 Å². The second-order valence-corrected chi connectivity index (χ2v) is 20.0. The van der Waals surface area contributed by atoms with E-state index >= 15 is 0 Å². The SMILES string of the molecule is C#Cc1cc(OCC(CC)CCCC)c(C#Cc2ccc3ccc4c(C#Cc5cc(OCC(CC)CCCC)c(C#C)cc5OCC(CC)CCCC)ccc5ccc2c3c54)cc1OCC(CC)CCCC. The predicted octanol–water partition coefficient (Wildman–Crippen LogP) is 17.7. The van der Waals surface area contributed by atoms with Crippen LogP contribution in [0, 0.1) is 72.0 Å². The summed E-state index contributed by atoms with van der Waals surface area (Å²) in [5.41, 5.74) is 4.83. The van der Waals surface area contributed by atoms with Crippen molar-refractivity contribution < 1.29 is 18.9 Å². The van der Waals surface area contributed by atoms with Crippen molar-refractivity contribution in [1.29, 1.82) is 0 Å². The minimum atomic E-state index is 0.454. The van der Waals surface area contributed by atoms with Gasteiger partial charge in [-0.2, -0.15) is 0 Å². The summed E-state index contributed by atoms with van der Waals surface area (Å²) >= 11 is 0. The molecule has 0 spiro atoms. The third-order valence-corrected chi connectivity index (χ3v) is 14.9. The van der Waals surface area contributed by atoms with Crippen LogP contribution in [0.5, 0.6) is 23.0 Å². The Morgan fingerprint density at radius 2 is 0.639 bits per heavy atom. The van der Waals surface area contributed by atoms with Crippen molar-refractivity contribution in [3.05, 3.63) is 106 Å². The van der Waals surface area contributed by atoms with Crippen LogP contribution in [0.1, 0.15) is 192 Å². The maximum Gasteiger partial charge on any atom is 0.136 e. The van der Waals surface area contributed by atoms with Crippen molar-refractivity contribution in [2.45, 2.75) is 158 Å². The second-order valence-electron chi connectivity index (χ2n) is 20.0. The molecule has 6 aromatic rings. The zero-order valence-electron chi connectivity index (χ0n) is 45.2. The molecule has 378 valence electrons. The molecule has 6 rings (SSSR count). The standard InChI is InChI=1S/C68H82O4/c1-11-21-25-49(15-5)45-69-63-43-59(65(41-53(63)19-9)71-47-51(17-7)27-23-13-3)35-31-55-29-33-57-38-40-62-56(30-34-58-37-39-61(55)67(57)68(58)62)32-36-60-44-64(70-46-50(16-6)26-22-12-2)54(20-10)42-66(60)72-48-52(18-8)28-24-14-4/h9-10,29-30,33-34,37-44,49-52H,11-18,21-28,45-48H2,1-8H3. The van der Waals surface area contributed by atoms with E-state index in [2.05, 4.69) is 139 Å². The van der Waals surface area contributed by atoms with Gasteiger partial charge in [0.2, 0.25) is 0 Å². The van der Waals surface area contributed by atoms with E-state index in [9.17, 15) is 0 Å². The van der Waals surface area contributed by atoms with Gasteiger partial charge in [0.25, 0.3) is 0 Å². The lowest BCUT2D eigenvalue weighted by atomic mass is 9.90. The molecule has 0 amide bonds. The van der Waals surface area contributed by atoms with Crippen LogP contribution in [0.15, 0.2) is 72.8 Å². The van der Waals surface area contributed by atoms with Crippen molar-refractivity contribution in [2.24, 2.45) is 23.7 Å². The minimum absolute atomic E-state index is 0.454. The Kier molecular flexibility index (Phi) is 22.0. The fourth-order valence-corrected chi connectivity index (χ4v) is 9.73. The van der Waals surface area contributed by atoms with E-state index < -0.39 is 0 Å². The zero-order valence-corrected chi connectivity index (χ0v) is 45.2. The van der Waals surface area contributed by atoms with Gasteiger partial charge in [-0.15, -0.1) is 12.8 Å². The quantitative estimate of drug-likeness (QED) is 0.0363. The van der Waals surface area contributed by atoms with Gasteiger partial charge >= 0.3 is 0 Å². The third-order valence-electron chi connectivity index (χ3n) is 14.9. The summed E-state index contributed by atoms with van der Waals surface area (Å²) in [6.07, 6.45) is 30.5. The monoisotopic (exact) mass is 963 g/mol. The first-order chi connectivity index (χ1) is 35.3. The lowest BCUT2D eigenvalue weighted by Crippen LogP contribution is -2.13. The van der Waals surface area contributed by atoms with Crippen LogP contribution in [0.4, 0.5) is 0 Å². The molecule has 0 heterocycles. The smallest absolute Gasteiger partial charge is 0.136 e. The summed E-state index contributed by atoms with van der Waals surface area (Å²) in [5, 5.41) is 6.84. The van der Waals surface area contributed by atoms with Crippen molar-refractivity contribution >= 4 is 32.3 Å². The number of hydrogen-bond acceptors (Lipinski definition) is 4. The zero-order chi connectivity index (χ0) is 51.2. The Labute approximate surface area is 435 Å². The Balaban J connectivity index is 1.42. The molecular weight excluding hydrogens is 881 g/mol. The van der Waals surface area contributed by atoms with E-state index in [4.69, 9.17) is 31.8 Å². The molecular formula is C68H82O4. The molecule has 0 aliphatic heterocycles. The molecule has 0 aromatic heterocycles. The van der Waals surface area contributed by atoms with Gasteiger partial charge in [-0.3, -0.25) is 0 Å². The summed E-state index contributed by atoms with van der Waals surface area (Å²) in [5.74, 6) is 24.7. The number of benzene rings is 6. The van der Waals surface area contributed by atoms with Crippen LogP contribution in [-0.4, -0.2) is 26.4 Å². The topological polar surface area (TPSA) is 36.9 Å². The maximum atomic E-state index is 6.64. The number of terminal acetylenes is 2. The summed E-state index contributed by atoms with van der Waals surface area (Å²) in [4.78, 5) is 0. The van der Waals surface area contributed by atoms with E-state index in [-0.39, 0.29) is 0 Å². The van der Waals surface area contributed by atoms with Crippen LogP contribution in [-0.2, 0) is 0 Å². The van der Waals surface area contributed by atoms with Gasteiger partial charge in [0.1, 0.15) is 23.0 Å². The van der Waals surface area contributed by atoms with Crippen LogP contribution in [0.3, 0.4) is 0 Å². The molecule has 0 aliphatic rings. The van der Waals surface area contributed by atoms with Gasteiger partial charge < -0.3 is 18.9 Å². The molecule has 0 saturated heterocycles. The first-order valence-electron chi connectivity index (χ1n) is 27.8. The maximum absolute atomic E-state index is 6.64. The highest BCUT2D eigenvalue weighted by Crippen LogP contribution is 2.38. The average molecular weight is 963 g/mol. The van der Waals surface area contributed by atoms with Crippen molar-refractivity contribution in [3.8, 4) is 71.4 Å². The molecule has 0 radical (unpaired) electrons. The molecule has 6 aromatic carbocycles.